The number of aromatic nitrogens is 3. The van der Waals surface area contributed by atoms with Gasteiger partial charge in [-0.25, -0.2) is 4.68 Å². The minimum Gasteiger partial charge on any atom is -0.491 e. The van der Waals surface area contributed by atoms with E-state index in [0.717, 1.165) is 35.1 Å². The van der Waals surface area contributed by atoms with Crippen molar-refractivity contribution in [1.29, 1.82) is 5.26 Å². The van der Waals surface area contributed by atoms with Gasteiger partial charge in [-0.05, 0) is 24.3 Å². The van der Waals surface area contributed by atoms with Crippen molar-refractivity contribution >= 4 is 10.8 Å². The second-order valence-electron chi connectivity index (χ2n) is 6.11. The van der Waals surface area contributed by atoms with Crippen LogP contribution in [0.3, 0.4) is 0 Å². The van der Waals surface area contributed by atoms with Gasteiger partial charge < -0.3 is 4.74 Å². The van der Waals surface area contributed by atoms with Gasteiger partial charge in [0.1, 0.15) is 18.4 Å². The largest absolute Gasteiger partial charge is 0.491 e. The van der Waals surface area contributed by atoms with Crippen molar-refractivity contribution in [2.45, 2.75) is 31.7 Å². The lowest BCUT2D eigenvalue weighted by atomic mass is 9.82. The molecule has 1 saturated carbocycles. The monoisotopic (exact) mass is 318 g/mol. The second kappa shape index (κ2) is 6.32. The molecule has 1 fully saturated rings. The molecule has 5 nitrogen and oxygen atoms in total. The van der Waals surface area contributed by atoms with E-state index < -0.39 is 0 Å². The van der Waals surface area contributed by atoms with Crippen LogP contribution in [-0.4, -0.2) is 21.6 Å². The van der Waals surface area contributed by atoms with Crippen LogP contribution in [0.2, 0.25) is 0 Å². The van der Waals surface area contributed by atoms with Crippen molar-refractivity contribution in [2.24, 2.45) is 0 Å². The van der Waals surface area contributed by atoms with Crippen LogP contribution >= 0.6 is 0 Å². The molecule has 0 unspecified atom stereocenters. The van der Waals surface area contributed by atoms with Crippen molar-refractivity contribution < 1.29 is 4.74 Å². The van der Waals surface area contributed by atoms with E-state index in [1.807, 2.05) is 28.9 Å². The SMILES string of the molecule is N#Cc1nnn(CCOc2cccc3ccccc23)c1C1CCC1. The molecule has 1 aliphatic rings. The summed E-state index contributed by atoms with van der Waals surface area (Å²) < 4.78 is 7.82. The van der Waals surface area contributed by atoms with Gasteiger partial charge in [-0.15, -0.1) is 5.10 Å². The van der Waals surface area contributed by atoms with Crippen LogP contribution in [0, 0.1) is 11.3 Å². The molecule has 0 spiro atoms. The molecule has 5 heteroatoms. The molecule has 0 amide bonds. The van der Waals surface area contributed by atoms with Crippen LogP contribution in [0.4, 0.5) is 0 Å². The number of nitriles is 1. The molecule has 0 saturated heterocycles. The van der Waals surface area contributed by atoms with Crippen LogP contribution in [0.5, 0.6) is 5.75 Å². The Kier molecular flexibility index (Phi) is 3.87. The maximum absolute atomic E-state index is 9.22. The lowest BCUT2D eigenvalue weighted by Gasteiger charge is -2.25. The summed E-state index contributed by atoms with van der Waals surface area (Å²) in [5.74, 6) is 1.30. The Hall–Kier alpha value is -2.87. The number of nitrogens with zero attached hydrogens (tertiary/aromatic N) is 4. The van der Waals surface area contributed by atoms with E-state index in [1.165, 1.54) is 6.42 Å². The molecule has 4 rings (SSSR count). The van der Waals surface area contributed by atoms with Crippen molar-refractivity contribution in [3.8, 4) is 11.8 Å². The first kappa shape index (κ1) is 14.7. The molecule has 1 heterocycles. The highest BCUT2D eigenvalue weighted by Crippen LogP contribution is 2.37. The highest BCUT2D eigenvalue weighted by molar-refractivity contribution is 5.88. The summed E-state index contributed by atoms with van der Waals surface area (Å²) in [4.78, 5) is 0. The fraction of sp³-hybridized carbons (Fsp3) is 0.316. The van der Waals surface area contributed by atoms with Crippen LogP contribution in [0.25, 0.3) is 10.8 Å². The lowest BCUT2D eigenvalue weighted by molar-refractivity contribution is 0.283. The predicted octanol–water partition coefficient (Wildman–Crippen LogP) is 3.65. The molecule has 2 aromatic carbocycles. The molecule has 120 valence electrons. The number of hydrogen-bond donors (Lipinski definition) is 0. The Bertz CT molecular complexity index is 900. The summed E-state index contributed by atoms with van der Waals surface area (Å²) in [6.45, 7) is 1.10. The zero-order valence-corrected chi connectivity index (χ0v) is 13.4. The first-order valence-corrected chi connectivity index (χ1v) is 8.31. The van der Waals surface area contributed by atoms with E-state index in [1.54, 1.807) is 0 Å². The number of hydrogen-bond acceptors (Lipinski definition) is 4. The third kappa shape index (κ3) is 2.61. The first-order chi connectivity index (χ1) is 11.9. The maximum atomic E-state index is 9.22. The Morgan fingerprint density at radius 1 is 1.17 bits per heavy atom. The predicted molar refractivity (Wildman–Crippen MR) is 90.8 cm³/mol. The molecule has 0 radical (unpaired) electrons. The summed E-state index contributed by atoms with van der Waals surface area (Å²) in [6, 6.07) is 16.4. The summed E-state index contributed by atoms with van der Waals surface area (Å²) in [5, 5.41) is 19.7. The lowest BCUT2D eigenvalue weighted by Crippen LogP contribution is -2.19. The third-order valence-electron chi connectivity index (χ3n) is 4.68. The van der Waals surface area contributed by atoms with Crippen molar-refractivity contribution in [1.82, 2.24) is 15.0 Å². The maximum Gasteiger partial charge on any atom is 0.186 e. The number of benzene rings is 2. The fourth-order valence-corrected chi connectivity index (χ4v) is 3.21. The Morgan fingerprint density at radius 3 is 2.79 bits per heavy atom. The van der Waals surface area contributed by atoms with E-state index in [0.29, 0.717) is 24.8 Å². The summed E-state index contributed by atoms with van der Waals surface area (Å²) in [6.07, 6.45) is 3.45. The quantitative estimate of drug-likeness (QED) is 0.720. The van der Waals surface area contributed by atoms with Gasteiger partial charge in [0.2, 0.25) is 0 Å². The Morgan fingerprint density at radius 2 is 2.00 bits per heavy atom. The molecule has 0 aliphatic heterocycles. The molecule has 1 aromatic heterocycles. The van der Waals surface area contributed by atoms with Crippen molar-refractivity contribution in [3.05, 3.63) is 53.9 Å². The van der Waals surface area contributed by atoms with Crippen LogP contribution in [0.15, 0.2) is 42.5 Å². The second-order valence-corrected chi connectivity index (χ2v) is 6.11. The zero-order valence-electron chi connectivity index (χ0n) is 13.4. The van der Waals surface area contributed by atoms with Crippen LogP contribution in [-0.2, 0) is 6.54 Å². The van der Waals surface area contributed by atoms with Gasteiger partial charge in [0.05, 0.1) is 12.2 Å². The summed E-state index contributed by atoms with van der Waals surface area (Å²) >= 11 is 0. The van der Waals surface area contributed by atoms with Gasteiger partial charge in [-0.1, -0.05) is 48.0 Å². The zero-order chi connectivity index (χ0) is 16.4. The van der Waals surface area contributed by atoms with Crippen molar-refractivity contribution in [2.75, 3.05) is 6.61 Å². The van der Waals surface area contributed by atoms with Gasteiger partial charge in [0.25, 0.3) is 0 Å². The normalized spacial score (nSPS) is 14.3. The Balaban J connectivity index is 1.50. The average molecular weight is 318 g/mol. The molecule has 24 heavy (non-hydrogen) atoms. The molecule has 0 bridgehead atoms. The fourth-order valence-electron chi connectivity index (χ4n) is 3.21. The number of fused-ring (bicyclic) bond motifs is 1. The van der Waals surface area contributed by atoms with E-state index in [2.05, 4.69) is 34.6 Å². The van der Waals surface area contributed by atoms with E-state index >= 15 is 0 Å². The van der Waals surface area contributed by atoms with Crippen LogP contribution < -0.4 is 4.74 Å². The highest BCUT2D eigenvalue weighted by atomic mass is 16.5. The molecule has 0 N–H and O–H groups in total. The molecular formula is C19H18N4O. The summed E-state index contributed by atoms with van der Waals surface area (Å²) in [7, 11) is 0. The molecule has 1 aliphatic carbocycles. The summed E-state index contributed by atoms with van der Waals surface area (Å²) in [5.41, 5.74) is 1.44. The highest BCUT2D eigenvalue weighted by Gasteiger charge is 2.27. The van der Waals surface area contributed by atoms with Gasteiger partial charge in [0, 0.05) is 11.3 Å². The number of rotatable bonds is 5. The third-order valence-corrected chi connectivity index (χ3v) is 4.68. The minimum atomic E-state index is 0.423. The first-order valence-electron chi connectivity index (χ1n) is 8.31. The van der Waals surface area contributed by atoms with Crippen LogP contribution in [0.1, 0.15) is 36.6 Å². The van der Waals surface area contributed by atoms with Crippen molar-refractivity contribution in [3.63, 3.8) is 0 Å². The average Bonchev–Trinajstić information content (AvgIpc) is 2.96. The van der Waals surface area contributed by atoms with E-state index in [-0.39, 0.29) is 0 Å². The topological polar surface area (TPSA) is 63.7 Å². The number of ether oxygens (including phenoxy) is 1. The van der Waals surface area contributed by atoms with Gasteiger partial charge in [-0.2, -0.15) is 5.26 Å². The molecule has 0 atom stereocenters. The minimum absolute atomic E-state index is 0.423. The van der Waals surface area contributed by atoms with Gasteiger partial charge in [0.15, 0.2) is 5.69 Å². The Labute approximate surface area is 140 Å². The van der Waals surface area contributed by atoms with E-state index in [4.69, 9.17) is 4.74 Å². The standard InChI is InChI=1S/C19H18N4O/c20-13-17-19(15-7-3-8-15)23(22-21-17)11-12-24-18-10-4-6-14-5-1-2-9-16(14)18/h1-2,4-6,9-10,15H,3,7-8,11-12H2. The van der Waals surface area contributed by atoms with Gasteiger partial charge in [-0.3, -0.25) is 0 Å². The van der Waals surface area contributed by atoms with Gasteiger partial charge >= 0.3 is 0 Å². The smallest absolute Gasteiger partial charge is 0.186 e. The molecular weight excluding hydrogens is 300 g/mol. The molecule has 3 aromatic rings. The van der Waals surface area contributed by atoms with E-state index in [9.17, 15) is 5.26 Å².